The monoisotopic (exact) mass is 396 g/mol. The molecule has 0 saturated heterocycles. The Morgan fingerprint density at radius 3 is 2.71 bits per heavy atom. The molecule has 8 nitrogen and oxygen atoms in total. The van der Waals surface area contributed by atoms with Gasteiger partial charge in [-0.1, -0.05) is 41.7 Å². The van der Waals surface area contributed by atoms with Gasteiger partial charge in [-0.25, -0.2) is 0 Å². The van der Waals surface area contributed by atoms with Gasteiger partial charge < -0.3 is 20.1 Å². The maximum atomic E-state index is 12.3. The molecule has 2 N–H and O–H groups in total. The Morgan fingerprint density at radius 2 is 1.86 bits per heavy atom. The molecule has 0 radical (unpaired) electrons. The Morgan fingerprint density at radius 1 is 1.04 bits per heavy atom. The molecule has 142 valence electrons. The lowest BCUT2D eigenvalue weighted by atomic mass is 10.1. The average molecular weight is 396 g/mol. The van der Waals surface area contributed by atoms with Crippen LogP contribution in [-0.2, 0) is 17.8 Å². The summed E-state index contributed by atoms with van der Waals surface area (Å²) in [6.45, 7) is 0.392. The quantitative estimate of drug-likeness (QED) is 0.663. The summed E-state index contributed by atoms with van der Waals surface area (Å²) in [7, 11) is 0. The number of nitrogens with zero attached hydrogens (tertiary/aromatic N) is 2. The minimum atomic E-state index is -0.377. The fourth-order valence-corrected chi connectivity index (χ4v) is 3.27. The first-order chi connectivity index (χ1) is 13.7. The van der Waals surface area contributed by atoms with Crippen molar-refractivity contribution >= 4 is 28.8 Å². The van der Waals surface area contributed by atoms with Crippen molar-refractivity contribution < 1.29 is 19.1 Å². The number of rotatable bonds is 6. The minimum absolute atomic E-state index is 0.118. The van der Waals surface area contributed by atoms with Gasteiger partial charge in [-0.15, -0.1) is 10.2 Å². The van der Waals surface area contributed by atoms with Crippen molar-refractivity contribution in [2.75, 3.05) is 12.1 Å². The molecule has 2 aromatic carbocycles. The highest BCUT2D eigenvalue weighted by atomic mass is 32.1. The first-order valence-electron chi connectivity index (χ1n) is 8.51. The third-order valence-electron chi connectivity index (χ3n) is 3.94. The van der Waals surface area contributed by atoms with E-state index in [-0.39, 0.29) is 36.6 Å². The Bertz CT molecular complexity index is 1010. The van der Waals surface area contributed by atoms with Gasteiger partial charge in [0.1, 0.15) is 5.01 Å². The number of hydrogen-bond donors (Lipinski definition) is 2. The van der Waals surface area contributed by atoms with Gasteiger partial charge in [0.15, 0.2) is 11.5 Å². The van der Waals surface area contributed by atoms with Crippen molar-refractivity contribution in [3.8, 4) is 11.5 Å². The molecule has 9 heteroatoms. The number of carbonyl (C=O) groups is 2. The second-order valence-corrected chi connectivity index (χ2v) is 7.02. The van der Waals surface area contributed by atoms with Crippen molar-refractivity contribution in [3.63, 3.8) is 0 Å². The Hall–Kier alpha value is -3.46. The summed E-state index contributed by atoms with van der Waals surface area (Å²) in [6, 6.07) is 14.6. The number of ether oxygens (including phenoxy) is 2. The molecule has 0 saturated carbocycles. The van der Waals surface area contributed by atoms with E-state index in [2.05, 4.69) is 20.8 Å². The first kappa shape index (κ1) is 17.9. The summed E-state index contributed by atoms with van der Waals surface area (Å²) in [5.41, 5.74) is 1.50. The molecular formula is C19H16N4O4S. The predicted octanol–water partition coefficient (Wildman–Crippen LogP) is 2.38. The van der Waals surface area contributed by atoms with Crippen LogP contribution < -0.4 is 20.1 Å². The molecule has 1 aromatic heterocycles. The highest BCUT2D eigenvalue weighted by molar-refractivity contribution is 7.13. The zero-order chi connectivity index (χ0) is 19.3. The molecule has 0 unspecified atom stereocenters. The Labute approximate surface area is 164 Å². The summed E-state index contributed by atoms with van der Waals surface area (Å²) in [5.74, 6) is 0.727. The van der Waals surface area contributed by atoms with E-state index in [1.807, 2.05) is 30.3 Å². The summed E-state index contributed by atoms with van der Waals surface area (Å²) < 4.78 is 10.5. The number of aromatic nitrogens is 2. The van der Waals surface area contributed by atoms with Crippen LogP contribution in [0.15, 0.2) is 48.5 Å². The molecule has 3 aromatic rings. The highest BCUT2D eigenvalue weighted by Crippen LogP contribution is 2.34. The fourth-order valence-electron chi connectivity index (χ4n) is 2.59. The standard InChI is InChI=1S/C19H16N4O4S/c24-16(8-12-4-2-1-3-5-12)20-10-17-22-23-19(28-17)18(25)21-13-6-7-14-15(9-13)27-11-26-14/h1-7,9H,8,10-11H2,(H,20,24)(H,21,25). The van der Waals surface area contributed by atoms with E-state index < -0.39 is 0 Å². The molecule has 2 amide bonds. The van der Waals surface area contributed by atoms with E-state index in [4.69, 9.17) is 9.47 Å². The van der Waals surface area contributed by atoms with Gasteiger partial charge >= 0.3 is 0 Å². The molecule has 1 aliphatic rings. The molecule has 0 atom stereocenters. The van der Waals surface area contributed by atoms with Gasteiger partial charge in [0, 0.05) is 11.8 Å². The second kappa shape index (κ2) is 8.05. The minimum Gasteiger partial charge on any atom is -0.454 e. The first-order valence-corrected chi connectivity index (χ1v) is 9.33. The lowest BCUT2D eigenvalue weighted by Crippen LogP contribution is -2.24. The maximum Gasteiger partial charge on any atom is 0.286 e. The van der Waals surface area contributed by atoms with E-state index in [9.17, 15) is 9.59 Å². The van der Waals surface area contributed by atoms with E-state index in [0.717, 1.165) is 16.9 Å². The second-order valence-electron chi connectivity index (χ2n) is 5.96. The van der Waals surface area contributed by atoms with Crippen molar-refractivity contribution in [3.05, 3.63) is 64.1 Å². The molecule has 28 heavy (non-hydrogen) atoms. The van der Waals surface area contributed by atoms with Crippen LogP contribution in [0.1, 0.15) is 20.4 Å². The molecule has 1 aliphatic heterocycles. The van der Waals surface area contributed by atoms with E-state index >= 15 is 0 Å². The van der Waals surface area contributed by atoms with Crippen LogP contribution in [0.25, 0.3) is 0 Å². The van der Waals surface area contributed by atoms with Crippen LogP contribution in [0.4, 0.5) is 5.69 Å². The summed E-state index contributed by atoms with van der Waals surface area (Å²) in [5, 5.41) is 14.2. The summed E-state index contributed by atoms with van der Waals surface area (Å²) >= 11 is 1.13. The van der Waals surface area contributed by atoms with Crippen LogP contribution in [0.3, 0.4) is 0 Å². The molecule has 0 aliphatic carbocycles. The molecule has 2 heterocycles. The molecule has 4 rings (SSSR count). The van der Waals surface area contributed by atoms with Crippen LogP contribution in [0.2, 0.25) is 0 Å². The van der Waals surface area contributed by atoms with E-state index in [1.165, 1.54) is 0 Å². The molecule has 0 bridgehead atoms. The van der Waals surface area contributed by atoms with Crippen molar-refractivity contribution in [2.45, 2.75) is 13.0 Å². The van der Waals surface area contributed by atoms with Gasteiger partial charge in [-0.3, -0.25) is 9.59 Å². The number of amides is 2. The molecule has 0 fully saturated rings. The summed E-state index contributed by atoms with van der Waals surface area (Å²) in [4.78, 5) is 24.3. The van der Waals surface area contributed by atoms with Crippen LogP contribution in [0.5, 0.6) is 11.5 Å². The topological polar surface area (TPSA) is 102 Å². The lowest BCUT2D eigenvalue weighted by Gasteiger charge is -2.04. The average Bonchev–Trinajstić information content (AvgIpc) is 3.36. The molecular weight excluding hydrogens is 380 g/mol. The van der Waals surface area contributed by atoms with Gasteiger partial charge in [-0.05, 0) is 17.7 Å². The number of nitrogens with one attached hydrogen (secondary N) is 2. The lowest BCUT2D eigenvalue weighted by molar-refractivity contribution is -0.120. The van der Waals surface area contributed by atoms with E-state index in [0.29, 0.717) is 22.2 Å². The van der Waals surface area contributed by atoms with Crippen molar-refractivity contribution in [1.82, 2.24) is 15.5 Å². The summed E-state index contributed by atoms with van der Waals surface area (Å²) in [6.07, 6.45) is 0.289. The Balaban J connectivity index is 1.31. The smallest absolute Gasteiger partial charge is 0.286 e. The van der Waals surface area contributed by atoms with Crippen molar-refractivity contribution in [2.24, 2.45) is 0 Å². The molecule has 0 spiro atoms. The van der Waals surface area contributed by atoms with Gasteiger partial charge in [0.2, 0.25) is 17.7 Å². The number of carbonyl (C=O) groups excluding carboxylic acids is 2. The largest absolute Gasteiger partial charge is 0.454 e. The maximum absolute atomic E-state index is 12.3. The van der Waals surface area contributed by atoms with Crippen molar-refractivity contribution in [1.29, 1.82) is 0 Å². The number of anilines is 1. The fraction of sp³-hybridized carbons (Fsp3) is 0.158. The van der Waals surface area contributed by atoms with Crippen LogP contribution >= 0.6 is 11.3 Å². The number of benzene rings is 2. The zero-order valence-electron chi connectivity index (χ0n) is 14.7. The van der Waals surface area contributed by atoms with Gasteiger partial charge in [0.25, 0.3) is 5.91 Å². The SMILES string of the molecule is O=C(Cc1ccccc1)NCc1nnc(C(=O)Nc2ccc3c(c2)OCO3)s1. The third kappa shape index (κ3) is 4.26. The zero-order valence-corrected chi connectivity index (χ0v) is 15.5. The third-order valence-corrected chi connectivity index (χ3v) is 4.86. The van der Waals surface area contributed by atoms with Gasteiger partial charge in [0.05, 0.1) is 13.0 Å². The predicted molar refractivity (Wildman–Crippen MR) is 102 cm³/mol. The van der Waals surface area contributed by atoms with Gasteiger partial charge in [-0.2, -0.15) is 0 Å². The van der Waals surface area contributed by atoms with Crippen LogP contribution in [0, 0.1) is 0 Å². The number of fused-ring (bicyclic) bond motifs is 1. The van der Waals surface area contributed by atoms with Crippen LogP contribution in [-0.4, -0.2) is 28.8 Å². The normalized spacial score (nSPS) is 11.9. The number of hydrogen-bond acceptors (Lipinski definition) is 7. The van der Waals surface area contributed by atoms with E-state index in [1.54, 1.807) is 18.2 Å². The Kier molecular flexibility index (Phi) is 5.16. The highest BCUT2D eigenvalue weighted by Gasteiger charge is 2.17.